The summed E-state index contributed by atoms with van der Waals surface area (Å²) >= 11 is 0. The summed E-state index contributed by atoms with van der Waals surface area (Å²) in [5.41, 5.74) is 0.123. The van der Waals surface area contributed by atoms with Crippen LogP contribution in [-0.2, 0) is 4.74 Å². The number of nitrogens with zero attached hydrogens (tertiary/aromatic N) is 1. The summed E-state index contributed by atoms with van der Waals surface area (Å²) in [6.45, 7) is 11.1. The second-order valence-corrected chi connectivity index (χ2v) is 5.95. The van der Waals surface area contributed by atoms with Crippen LogP contribution in [0, 0.1) is 5.92 Å². The molecule has 2 heterocycles. The minimum Gasteiger partial charge on any atom is -0.371 e. The Balaban J connectivity index is 1.62. The van der Waals surface area contributed by atoms with Crippen LogP contribution in [0.1, 0.15) is 39.5 Å². The molecule has 17 heavy (non-hydrogen) atoms. The first-order chi connectivity index (χ1) is 8.22. The van der Waals surface area contributed by atoms with E-state index >= 15 is 0 Å². The van der Waals surface area contributed by atoms with E-state index in [0.29, 0.717) is 0 Å². The van der Waals surface area contributed by atoms with Crippen LogP contribution in [0.5, 0.6) is 0 Å². The maximum Gasteiger partial charge on any atom is 0.0902 e. The van der Waals surface area contributed by atoms with Crippen molar-refractivity contribution in [3.63, 3.8) is 0 Å². The van der Waals surface area contributed by atoms with Gasteiger partial charge >= 0.3 is 0 Å². The van der Waals surface area contributed by atoms with Crippen LogP contribution >= 0.6 is 0 Å². The molecule has 0 saturated carbocycles. The third-order valence-corrected chi connectivity index (χ3v) is 4.37. The van der Waals surface area contributed by atoms with Crippen LogP contribution in [0.4, 0.5) is 0 Å². The molecule has 2 aliphatic rings. The molecule has 1 atom stereocenters. The Hall–Kier alpha value is -0.120. The van der Waals surface area contributed by atoms with Gasteiger partial charge in [0.25, 0.3) is 0 Å². The second-order valence-electron chi connectivity index (χ2n) is 5.95. The monoisotopic (exact) mass is 240 g/mol. The standard InChI is InChI=1S/C14H28N2O/c1-3-13-5-4-7-16(8-6-13)9-10-17-14(2)11-15-12-14/h13,15H,3-12H2,1-2H3. The molecule has 2 fully saturated rings. The molecule has 100 valence electrons. The van der Waals surface area contributed by atoms with Crippen molar-refractivity contribution in [2.45, 2.75) is 45.1 Å². The summed E-state index contributed by atoms with van der Waals surface area (Å²) in [5.74, 6) is 0.967. The largest absolute Gasteiger partial charge is 0.371 e. The van der Waals surface area contributed by atoms with E-state index in [2.05, 4.69) is 24.1 Å². The maximum atomic E-state index is 5.96. The van der Waals surface area contributed by atoms with Crippen molar-refractivity contribution in [2.75, 3.05) is 39.3 Å². The zero-order chi connectivity index (χ0) is 12.1. The van der Waals surface area contributed by atoms with E-state index in [1.165, 1.54) is 38.8 Å². The van der Waals surface area contributed by atoms with Gasteiger partial charge in [0.05, 0.1) is 12.2 Å². The first-order valence-electron chi connectivity index (χ1n) is 7.29. The van der Waals surface area contributed by atoms with E-state index in [1.807, 2.05) is 0 Å². The lowest BCUT2D eigenvalue weighted by Crippen LogP contribution is -2.59. The van der Waals surface area contributed by atoms with Gasteiger partial charge in [0.2, 0.25) is 0 Å². The topological polar surface area (TPSA) is 24.5 Å². The Bertz CT molecular complexity index is 228. The lowest BCUT2D eigenvalue weighted by molar-refractivity contribution is -0.0720. The predicted octanol–water partition coefficient (Wildman–Crippen LogP) is 1.88. The van der Waals surface area contributed by atoms with Gasteiger partial charge in [0.1, 0.15) is 0 Å². The van der Waals surface area contributed by atoms with E-state index in [-0.39, 0.29) is 5.60 Å². The molecule has 0 amide bonds. The quantitative estimate of drug-likeness (QED) is 0.794. The number of nitrogens with one attached hydrogen (secondary N) is 1. The van der Waals surface area contributed by atoms with Crippen molar-refractivity contribution in [1.29, 1.82) is 0 Å². The molecule has 3 nitrogen and oxygen atoms in total. The molecule has 2 aliphatic heterocycles. The molecule has 2 saturated heterocycles. The fourth-order valence-corrected chi connectivity index (χ4v) is 2.86. The second kappa shape index (κ2) is 6.17. The molecule has 0 spiro atoms. The highest BCUT2D eigenvalue weighted by Crippen LogP contribution is 2.20. The zero-order valence-corrected chi connectivity index (χ0v) is 11.5. The fourth-order valence-electron chi connectivity index (χ4n) is 2.86. The molecule has 0 aromatic carbocycles. The SMILES string of the molecule is CCC1CCCN(CCOC2(C)CNC2)CC1. The molecule has 1 unspecified atom stereocenters. The highest BCUT2D eigenvalue weighted by molar-refractivity contribution is 4.90. The van der Waals surface area contributed by atoms with Crippen molar-refractivity contribution in [2.24, 2.45) is 5.92 Å². The Morgan fingerprint density at radius 1 is 1.29 bits per heavy atom. The van der Waals surface area contributed by atoms with E-state index in [1.54, 1.807) is 0 Å². The number of hydrogen-bond acceptors (Lipinski definition) is 3. The van der Waals surface area contributed by atoms with Crippen molar-refractivity contribution in [3.8, 4) is 0 Å². The maximum absolute atomic E-state index is 5.96. The van der Waals surface area contributed by atoms with E-state index in [4.69, 9.17) is 4.74 Å². The lowest BCUT2D eigenvalue weighted by atomic mass is 9.98. The molecular formula is C14H28N2O. The van der Waals surface area contributed by atoms with Gasteiger partial charge in [0.15, 0.2) is 0 Å². The molecule has 0 bridgehead atoms. The minimum absolute atomic E-state index is 0.123. The molecule has 3 heteroatoms. The number of rotatable bonds is 5. The molecule has 0 aliphatic carbocycles. The Labute approximate surface area is 106 Å². The van der Waals surface area contributed by atoms with Gasteiger partial charge in [-0.3, -0.25) is 0 Å². The van der Waals surface area contributed by atoms with Crippen LogP contribution in [0.25, 0.3) is 0 Å². The summed E-state index contributed by atoms with van der Waals surface area (Å²) < 4.78 is 5.96. The first kappa shape index (κ1) is 13.3. The third kappa shape index (κ3) is 3.94. The van der Waals surface area contributed by atoms with Gasteiger partial charge in [-0.2, -0.15) is 0 Å². The Morgan fingerprint density at radius 3 is 2.76 bits per heavy atom. The lowest BCUT2D eigenvalue weighted by Gasteiger charge is -2.39. The molecule has 0 radical (unpaired) electrons. The summed E-state index contributed by atoms with van der Waals surface area (Å²) in [6.07, 6.45) is 5.54. The average molecular weight is 240 g/mol. The van der Waals surface area contributed by atoms with Crippen LogP contribution in [0.15, 0.2) is 0 Å². The number of hydrogen-bond donors (Lipinski definition) is 1. The van der Waals surface area contributed by atoms with Gasteiger partial charge in [-0.15, -0.1) is 0 Å². The van der Waals surface area contributed by atoms with E-state index in [0.717, 1.165) is 32.2 Å². The normalized spacial score (nSPS) is 29.6. The smallest absolute Gasteiger partial charge is 0.0902 e. The third-order valence-electron chi connectivity index (χ3n) is 4.37. The average Bonchev–Trinajstić information content (AvgIpc) is 2.52. The first-order valence-corrected chi connectivity index (χ1v) is 7.29. The van der Waals surface area contributed by atoms with Crippen molar-refractivity contribution in [1.82, 2.24) is 10.2 Å². The van der Waals surface area contributed by atoms with Gasteiger partial charge in [-0.05, 0) is 45.2 Å². The summed E-state index contributed by atoms with van der Waals surface area (Å²) in [5, 5.41) is 3.27. The molecule has 0 aromatic heterocycles. The summed E-state index contributed by atoms with van der Waals surface area (Å²) in [6, 6.07) is 0. The molecular weight excluding hydrogens is 212 g/mol. The summed E-state index contributed by atoms with van der Waals surface area (Å²) in [4.78, 5) is 2.59. The van der Waals surface area contributed by atoms with E-state index in [9.17, 15) is 0 Å². The zero-order valence-electron chi connectivity index (χ0n) is 11.5. The Morgan fingerprint density at radius 2 is 2.12 bits per heavy atom. The van der Waals surface area contributed by atoms with Gasteiger partial charge in [-0.1, -0.05) is 13.3 Å². The van der Waals surface area contributed by atoms with Gasteiger partial charge in [0, 0.05) is 19.6 Å². The van der Waals surface area contributed by atoms with Gasteiger partial charge < -0.3 is 15.0 Å². The molecule has 2 rings (SSSR count). The van der Waals surface area contributed by atoms with Crippen molar-refractivity contribution in [3.05, 3.63) is 0 Å². The van der Waals surface area contributed by atoms with Gasteiger partial charge in [-0.25, -0.2) is 0 Å². The minimum atomic E-state index is 0.123. The van der Waals surface area contributed by atoms with Crippen molar-refractivity contribution < 1.29 is 4.74 Å². The van der Waals surface area contributed by atoms with Crippen molar-refractivity contribution >= 4 is 0 Å². The molecule has 0 aromatic rings. The number of likely N-dealkylation sites (tertiary alicyclic amines) is 1. The Kier molecular flexibility index (Phi) is 4.83. The highest BCUT2D eigenvalue weighted by Gasteiger charge is 2.32. The van der Waals surface area contributed by atoms with Crippen LogP contribution < -0.4 is 5.32 Å². The van der Waals surface area contributed by atoms with Crippen LogP contribution in [0.3, 0.4) is 0 Å². The molecule has 1 N–H and O–H groups in total. The summed E-state index contributed by atoms with van der Waals surface area (Å²) in [7, 11) is 0. The number of ether oxygens (including phenoxy) is 1. The van der Waals surface area contributed by atoms with Crippen LogP contribution in [-0.4, -0.2) is 49.8 Å². The highest BCUT2D eigenvalue weighted by atomic mass is 16.5. The van der Waals surface area contributed by atoms with Crippen LogP contribution in [0.2, 0.25) is 0 Å². The fraction of sp³-hybridized carbons (Fsp3) is 1.00. The van der Waals surface area contributed by atoms with E-state index < -0.39 is 0 Å². The predicted molar refractivity (Wildman–Crippen MR) is 71.3 cm³/mol.